The molecule has 0 aliphatic carbocycles. The summed E-state index contributed by atoms with van der Waals surface area (Å²) in [6, 6.07) is 17.2. The van der Waals surface area contributed by atoms with E-state index in [-0.39, 0.29) is 41.1 Å². The van der Waals surface area contributed by atoms with Crippen LogP contribution in [-0.2, 0) is 6.54 Å². The number of imide groups is 1. The lowest BCUT2D eigenvalue weighted by molar-refractivity contribution is -0.683. The molecule has 6 heteroatoms. The molecule has 1 aliphatic rings. The molecule has 140 valence electrons. The molecule has 0 bridgehead atoms. The third-order valence-electron chi connectivity index (χ3n) is 4.63. The van der Waals surface area contributed by atoms with Crippen LogP contribution < -0.4 is 26.4 Å². The third kappa shape index (κ3) is 3.51. The fourth-order valence-corrected chi connectivity index (χ4v) is 3.11. The van der Waals surface area contributed by atoms with Crippen molar-refractivity contribution in [3.8, 4) is 0 Å². The number of carbonyl (C=O) groups excluding carboxylic acids is 3. The van der Waals surface area contributed by atoms with Gasteiger partial charge in [-0.1, -0.05) is 12.1 Å². The quantitative estimate of drug-likeness (QED) is 0.327. The Hall–Kier alpha value is -3.12. The largest absolute Gasteiger partial charge is 1.00 e. The van der Waals surface area contributed by atoms with Crippen molar-refractivity contribution in [1.82, 2.24) is 0 Å². The zero-order valence-electron chi connectivity index (χ0n) is 15.1. The van der Waals surface area contributed by atoms with Crippen LogP contribution in [0, 0.1) is 6.92 Å². The van der Waals surface area contributed by atoms with E-state index < -0.39 is 0 Å². The molecule has 0 saturated heterocycles. The van der Waals surface area contributed by atoms with Gasteiger partial charge in [0.1, 0.15) is 0 Å². The van der Waals surface area contributed by atoms with Crippen molar-refractivity contribution in [3.63, 3.8) is 0 Å². The molecule has 0 saturated carbocycles. The van der Waals surface area contributed by atoms with Crippen LogP contribution in [0.5, 0.6) is 0 Å². The molecular weight excluding hydrogens is 420 g/mol. The Morgan fingerprint density at radius 1 is 0.857 bits per heavy atom. The molecule has 1 aliphatic heterocycles. The average Bonchev–Trinajstić information content (AvgIpc) is 2.95. The van der Waals surface area contributed by atoms with Crippen molar-refractivity contribution in [2.24, 2.45) is 0 Å². The number of pyridine rings is 1. The van der Waals surface area contributed by atoms with E-state index in [9.17, 15) is 14.4 Å². The van der Waals surface area contributed by atoms with Crippen molar-refractivity contribution >= 4 is 23.3 Å². The Morgan fingerprint density at radius 3 is 1.93 bits per heavy atom. The number of benzene rings is 2. The van der Waals surface area contributed by atoms with E-state index in [4.69, 9.17) is 0 Å². The summed E-state index contributed by atoms with van der Waals surface area (Å²) < 4.78 is 1.81. The number of carbonyl (C=O) groups is 3. The fraction of sp³-hybridized carbons (Fsp3) is 0.0909. The number of fused-ring (bicyclic) bond motifs is 1. The molecule has 2 amide bonds. The molecule has 2 aromatic carbocycles. The van der Waals surface area contributed by atoms with E-state index in [0.717, 1.165) is 10.5 Å². The number of hydrogen-bond donors (Lipinski definition) is 0. The Morgan fingerprint density at radius 2 is 1.39 bits per heavy atom. The summed E-state index contributed by atoms with van der Waals surface area (Å²) in [5.41, 5.74) is 2.92. The average molecular weight is 437 g/mol. The number of halogens is 1. The molecule has 3 aromatic rings. The molecule has 0 spiro atoms. The van der Waals surface area contributed by atoms with Crippen LogP contribution in [0.4, 0.5) is 5.69 Å². The standard InChI is InChI=1S/C22H17N2O3.BrH/c1-15-10-12-23(13-11-15)14-20(25)16-6-8-17(9-7-16)24-21(26)18-4-2-3-5-19(18)22(24)27;/h2-13H,14H2,1H3;1H/q+1;/p-1. The third-order valence-corrected chi connectivity index (χ3v) is 4.63. The van der Waals surface area contributed by atoms with Gasteiger partial charge < -0.3 is 17.0 Å². The Kier molecular flexibility index (Phi) is 5.51. The van der Waals surface area contributed by atoms with E-state index in [0.29, 0.717) is 22.4 Å². The maximum absolute atomic E-state index is 12.5. The monoisotopic (exact) mass is 436 g/mol. The Balaban J connectivity index is 0.00000225. The summed E-state index contributed by atoms with van der Waals surface area (Å²) in [5.74, 6) is -0.729. The van der Waals surface area contributed by atoms with Crippen molar-refractivity contribution in [2.75, 3.05) is 4.90 Å². The molecule has 0 unspecified atom stereocenters. The first-order valence-electron chi connectivity index (χ1n) is 8.61. The summed E-state index contributed by atoms with van der Waals surface area (Å²) >= 11 is 0. The number of aromatic nitrogens is 1. The van der Waals surface area contributed by atoms with Gasteiger partial charge in [0.15, 0.2) is 12.4 Å². The highest BCUT2D eigenvalue weighted by atomic mass is 79.9. The molecule has 5 nitrogen and oxygen atoms in total. The number of ketones is 1. The number of aryl methyl sites for hydroxylation is 1. The second-order valence-corrected chi connectivity index (χ2v) is 6.51. The van der Waals surface area contributed by atoms with Crippen molar-refractivity contribution in [3.05, 3.63) is 95.3 Å². The van der Waals surface area contributed by atoms with Crippen LogP contribution in [0.25, 0.3) is 0 Å². The molecule has 2 heterocycles. The second kappa shape index (κ2) is 7.86. The summed E-state index contributed by atoms with van der Waals surface area (Å²) in [7, 11) is 0. The summed E-state index contributed by atoms with van der Waals surface area (Å²) in [5, 5.41) is 0. The van der Waals surface area contributed by atoms with E-state index in [1.807, 2.05) is 36.0 Å². The molecule has 4 rings (SSSR count). The van der Waals surface area contributed by atoms with Gasteiger partial charge in [0.2, 0.25) is 12.3 Å². The first-order chi connectivity index (χ1) is 13.0. The van der Waals surface area contributed by atoms with Crippen molar-refractivity contribution < 1.29 is 35.9 Å². The lowest BCUT2D eigenvalue weighted by Gasteiger charge is -2.14. The predicted octanol–water partition coefficient (Wildman–Crippen LogP) is -0.0300. The molecule has 0 atom stereocenters. The van der Waals surface area contributed by atoms with Gasteiger partial charge >= 0.3 is 0 Å². The van der Waals surface area contributed by atoms with Crippen LogP contribution in [0.3, 0.4) is 0 Å². The maximum Gasteiger partial charge on any atom is 0.266 e. The van der Waals surface area contributed by atoms with Gasteiger partial charge in [-0.25, -0.2) is 4.90 Å². The number of Topliss-reactive ketones (excluding diaryl/α,β-unsaturated/α-hetero) is 1. The molecule has 0 fully saturated rings. The number of nitrogens with zero attached hydrogens (tertiary/aromatic N) is 2. The summed E-state index contributed by atoms with van der Waals surface area (Å²) in [4.78, 5) is 38.7. The predicted molar refractivity (Wildman–Crippen MR) is 99.7 cm³/mol. The van der Waals surface area contributed by atoms with E-state index in [1.54, 1.807) is 48.5 Å². The van der Waals surface area contributed by atoms with Crippen LogP contribution in [0.1, 0.15) is 36.6 Å². The second-order valence-electron chi connectivity index (χ2n) is 6.51. The summed E-state index contributed by atoms with van der Waals surface area (Å²) in [6.07, 6.45) is 3.72. The van der Waals surface area contributed by atoms with E-state index in [1.165, 1.54) is 0 Å². The molecule has 28 heavy (non-hydrogen) atoms. The molecule has 1 aromatic heterocycles. The van der Waals surface area contributed by atoms with E-state index in [2.05, 4.69) is 0 Å². The van der Waals surface area contributed by atoms with Gasteiger partial charge in [-0.2, -0.15) is 4.57 Å². The number of anilines is 1. The number of hydrogen-bond acceptors (Lipinski definition) is 3. The van der Waals surface area contributed by atoms with Crippen molar-refractivity contribution in [1.29, 1.82) is 0 Å². The highest BCUT2D eigenvalue weighted by molar-refractivity contribution is 6.34. The Labute approximate surface area is 173 Å². The lowest BCUT2D eigenvalue weighted by Crippen LogP contribution is -3.00. The maximum atomic E-state index is 12.5. The van der Waals surface area contributed by atoms with Gasteiger partial charge in [-0.3, -0.25) is 14.4 Å². The van der Waals surface area contributed by atoms with Crippen LogP contribution in [-0.4, -0.2) is 17.6 Å². The normalized spacial score (nSPS) is 12.5. The minimum Gasteiger partial charge on any atom is -1.00 e. The van der Waals surface area contributed by atoms with Gasteiger partial charge in [0.25, 0.3) is 11.8 Å². The number of amides is 2. The van der Waals surface area contributed by atoms with E-state index >= 15 is 0 Å². The number of rotatable bonds is 4. The molecular formula is C22H17BrN2O3. The van der Waals surface area contributed by atoms with Crippen LogP contribution >= 0.6 is 0 Å². The minimum atomic E-state index is -0.343. The highest BCUT2D eigenvalue weighted by Crippen LogP contribution is 2.28. The van der Waals surface area contributed by atoms with Crippen LogP contribution in [0.15, 0.2) is 73.1 Å². The topological polar surface area (TPSA) is 58.3 Å². The highest BCUT2D eigenvalue weighted by Gasteiger charge is 2.36. The van der Waals surface area contributed by atoms with Crippen molar-refractivity contribution in [2.45, 2.75) is 13.5 Å². The zero-order valence-corrected chi connectivity index (χ0v) is 16.7. The van der Waals surface area contributed by atoms with Gasteiger partial charge in [-0.05, 0) is 48.9 Å². The van der Waals surface area contributed by atoms with Gasteiger partial charge in [0.05, 0.1) is 16.8 Å². The lowest BCUT2D eigenvalue weighted by atomic mass is 10.1. The summed E-state index contributed by atoms with van der Waals surface area (Å²) in [6.45, 7) is 2.22. The van der Waals surface area contributed by atoms with Gasteiger partial charge in [-0.15, -0.1) is 0 Å². The minimum absolute atomic E-state index is 0. The van der Waals surface area contributed by atoms with Crippen LogP contribution in [0.2, 0.25) is 0 Å². The molecule has 0 radical (unpaired) electrons. The Bertz CT molecular complexity index is 1020. The smallest absolute Gasteiger partial charge is 0.266 e. The zero-order chi connectivity index (χ0) is 19.0. The van der Waals surface area contributed by atoms with Gasteiger partial charge in [0, 0.05) is 17.7 Å². The first-order valence-corrected chi connectivity index (χ1v) is 8.61. The first kappa shape index (κ1) is 19.6. The molecule has 0 N–H and O–H groups in total. The SMILES string of the molecule is Cc1cc[n+](CC(=O)c2ccc(N3C(=O)c4ccccc4C3=O)cc2)cc1.[Br-]. The fourth-order valence-electron chi connectivity index (χ4n) is 3.11.